The highest BCUT2D eigenvalue weighted by Crippen LogP contribution is 2.55. The molecule has 428 valence electrons. The van der Waals surface area contributed by atoms with Crippen LogP contribution in [0.15, 0.2) is 336 Å². The first-order valence-corrected chi connectivity index (χ1v) is 31.6. The van der Waals surface area contributed by atoms with Crippen LogP contribution in [0.1, 0.15) is 0 Å². The van der Waals surface area contributed by atoms with Gasteiger partial charge in [0.2, 0.25) is 0 Å². The summed E-state index contributed by atoms with van der Waals surface area (Å²) in [6.45, 7) is 0. The zero-order valence-electron chi connectivity index (χ0n) is 49.9. The summed E-state index contributed by atoms with van der Waals surface area (Å²) in [7, 11) is 0. The van der Waals surface area contributed by atoms with E-state index in [-0.39, 0.29) is 0 Å². The third-order valence-corrected chi connectivity index (χ3v) is 19.2. The second-order valence-electron chi connectivity index (χ2n) is 24.2. The minimum Gasteiger partial charge on any atom is -0.454 e. The maximum absolute atomic E-state index is 7.33. The molecule has 0 amide bonds. The van der Waals surface area contributed by atoms with Crippen molar-refractivity contribution in [1.29, 1.82) is 0 Å². The summed E-state index contributed by atoms with van der Waals surface area (Å²) >= 11 is 0. The van der Waals surface area contributed by atoms with E-state index in [2.05, 4.69) is 337 Å². The van der Waals surface area contributed by atoms with Crippen LogP contribution in [0.25, 0.3) is 153 Å². The number of anilines is 6. The van der Waals surface area contributed by atoms with Gasteiger partial charge in [0.25, 0.3) is 0 Å². The van der Waals surface area contributed by atoms with E-state index in [1.807, 2.05) is 0 Å². The van der Waals surface area contributed by atoms with Crippen LogP contribution in [0.4, 0.5) is 34.1 Å². The molecule has 0 unspecified atom stereocenters. The Bertz CT molecular complexity index is 6130. The Morgan fingerprint density at radius 1 is 0.217 bits per heavy atom. The zero-order valence-corrected chi connectivity index (χ0v) is 49.9. The predicted molar refractivity (Wildman–Crippen MR) is 389 cm³/mol. The third kappa shape index (κ3) is 7.97. The second kappa shape index (κ2) is 20.7. The van der Waals surface area contributed by atoms with Crippen molar-refractivity contribution in [3.8, 4) is 33.4 Å². The predicted octanol–water partition coefficient (Wildman–Crippen LogP) is 25.5. The van der Waals surface area contributed by atoms with Crippen molar-refractivity contribution in [2.75, 3.05) is 9.80 Å². The topological polar surface area (TPSA) is 32.8 Å². The van der Waals surface area contributed by atoms with Crippen LogP contribution in [-0.4, -0.2) is 0 Å². The molecule has 0 aliphatic rings. The van der Waals surface area contributed by atoms with Gasteiger partial charge in [0.15, 0.2) is 11.2 Å². The number of furan rings is 2. The largest absolute Gasteiger partial charge is 0.454 e. The lowest BCUT2D eigenvalue weighted by Gasteiger charge is -2.30. The van der Waals surface area contributed by atoms with Crippen molar-refractivity contribution in [3.05, 3.63) is 328 Å². The standard InChI is InChI=1S/C88H54N2O2/c1-3-21-55(22-4-1)57-39-45-63(46-40-57)89(77-53-61-27-9-13-31-67(61)84-82-65-29-11-7-25-59(65)43-51-79(82)91-87(77)84)76-50-49-73(69-33-15-16-34-70(69)76)81-71-35-17-19-37-74(71)86(75-38-20-18-36-72(75)81)90(64-47-41-58(42-48-64)56-23-5-2-6-24-56)78-54-62-28-10-14-32-68(62)85-83-66-30-12-8-26-60(66)44-52-80(83)92-88(78)85/h1-54H. The van der Waals surface area contributed by atoms with Crippen molar-refractivity contribution in [2.24, 2.45) is 0 Å². The van der Waals surface area contributed by atoms with Crippen molar-refractivity contribution in [3.63, 3.8) is 0 Å². The lowest BCUT2D eigenvalue weighted by Crippen LogP contribution is -2.12. The summed E-state index contributed by atoms with van der Waals surface area (Å²) in [6.07, 6.45) is 0. The molecule has 19 rings (SSSR count). The molecular weight excluding hydrogens is 1120 g/mol. The Labute approximate surface area is 529 Å². The first-order chi connectivity index (χ1) is 45.7. The Balaban J connectivity index is 0.873. The number of hydrogen-bond acceptors (Lipinski definition) is 4. The molecule has 0 spiro atoms. The number of hydrogen-bond donors (Lipinski definition) is 0. The molecule has 0 bridgehead atoms. The number of benzene rings is 17. The van der Waals surface area contributed by atoms with E-state index in [1.54, 1.807) is 0 Å². The van der Waals surface area contributed by atoms with Crippen molar-refractivity contribution in [1.82, 2.24) is 0 Å². The molecule has 4 nitrogen and oxygen atoms in total. The summed E-state index contributed by atoms with van der Waals surface area (Å²) in [5.74, 6) is 0. The van der Waals surface area contributed by atoms with Crippen LogP contribution in [-0.2, 0) is 0 Å². The van der Waals surface area contributed by atoms with Gasteiger partial charge in [0.05, 0.1) is 22.7 Å². The molecule has 0 aliphatic carbocycles. The van der Waals surface area contributed by atoms with Crippen LogP contribution in [0, 0.1) is 0 Å². The summed E-state index contributed by atoms with van der Waals surface area (Å²) in [6, 6.07) is 119. The molecule has 19 aromatic rings. The van der Waals surface area contributed by atoms with E-state index in [0.29, 0.717) is 0 Å². The highest BCUT2D eigenvalue weighted by atomic mass is 16.3. The fourth-order valence-electron chi connectivity index (χ4n) is 15.1. The van der Waals surface area contributed by atoms with Crippen molar-refractivity contribution >= 4 is 153 Å². The highest BCUT2D eigenvalue weighted by molar-refractivity contribution is 6.32. The fraction of sp³-hybridized carbons (Fsp3) is 0. The first kappa shape index (κ1) is 51.8. The third-order valence-electron chi connectivity index (χ3n) is 19.2. The van der Waals surface area contributed by atoms with Gasteiger partial charge in [-0.3, -0.25) is 0 Å². The molecule has 0 saturated heterocycles. The Morgan fingerprint density at radius 3 is 1.05 bits per heavy atom. The van der Waals surface area contributed by atoms with E-state index in [0.717, 1.165) is 154 Å². The highest BCUT2D eigenvalue weighted by Gasteiger charge is 2.30. The molecule has 0 saturated carbocycles. The lowest BCUT2D eigenvalue weighted by atomic mass is 9.87. The molecule has 2 heterocycles. The van der Waals surface area contributed by atoms with Gasteiger partial charge in [-0.2, -0.15) is 0 Å². The van der Waals surface area contributed by atoms with Gasteiger partial charge in [-0.15, -0.1) is 0 Å². The molecule has 92 heavy (non-hydrogen) atoms. The SMILES string of the molecule is c1ccc(-c2ccc(N(c3ccc(-c4c5ccccc5c(N(c5ccc(-c6ccccc6)cc5)c5cc6ccccc6c6c5oc5ccc7ccccc7c56)c5ccccc45)c4ccccc34)c3cc4ccccc4c4c3oc3ccc5ccccc5c34)cc2)cc1. The van der Waals surface area contributed by atoms with E-state index >= 15 is 0 Å². The van der Waals surface area contributed by atoms with Gasteiger partial charge >= 0.3 is 0 Å². The summed E-state index contributed by atoms with van der Waals surface area (Å²) in [5, 5.41) is 20.4. The Morgan fingerprint density at radius 2 is 0.576 bits per heavy atom. The van der Waals surface area contributed by atoms with Gasteiger partial charge in [0.1, 0.15) is 11.2 Å². The maximum atomic E-state index is 7.33. The van der Waals surface area contributed by atoms with E-state index in [1.165, 1.54) is 32.7 Å². The van der Waals surface area contributed by atoms with Gasteiger partial charge < -0.3 is 18.6 Å². The van der Waals surface area contributed by atoms with E-state index < -0.39 is 0 Å². The fourth-order valence-corrected chi connectivity index (χ4v) is 15.1. The molecule has 0 aliphatic heterocycles. The Kier molecular flexibility index (Phi) is 11.6. The number of rotatable bonds is 9. The average Bonchev–Trinajstić information content (AvgIpc) is 1.33. The van der Waals surface area contributed by atoms with Crippen LogP contribution in [0.5, 0.6) is 0 Å². The number of nitrogens with zero attached hydrogens (tertiary/aromatic N) is 2. The van der Waals surface area contributed by atoms with Crippen LogP contribution in [0.3, 0.4) is 0 Å². The smallest absolute Gasteiger partial charge is 0.160 e. The monoisotopic (exact) mass is 1170 g/mol. The molecule has 17 aromatic carbocycles. The van der Waals surface area contributed by atoms with E-state index in [9.17, 15) is 0 Å². The molecule has 2 aromatic heterocycles. The lowest BCUT2D eigenvalue weighted by molar-refractivity contribution is 0.669. The summed E-state index contributed by atoms with van der Waals surface area (Å²) in [4.78, 5) is 4.92. The minimum absolute atomic E-state index is 0.833. The van der Waals surface area contributed by atoms with Crippen molar-refractivity contribution in [2.45, 2.75) is 0 Å². The molecule has 4 heteroatoms. The van der Waals surface area contributed by atoms with Gasteiger partial charge in [0, 0.05) is 49.1 Å². The molecule has 0 radical (unpaired) electrons. The second-order valence-corrected chi connectivity index (χ2v) is 24.2. The van der Waals surface area contributed by atoms with Gasteiger partial charge in [-0.1, -0.05) is 273 Å². The normalized spacial score (nSPS) is 11.9. The molecule has 0 atom stereocenters. The number of fused-ring (bicyclic) bond motifs is 17. The maximum Gasteiger partial charge on any atom is 0.160 e. The van der Waals surface area contributed by atoms with Crippen LogP contribution in [0.2, 0.25) is 0 Å². The quantitative estimate of drug-likeness (QED) is 0.135. The van der Waals surface area contributed by atoms with Crippen LogP contribution >= 0.6 is 0 Å². The van der Waals surface area contributed by atoms with Gasteiger partial charge in [-0.25, -0.2) is 0 Å². The molecule has 0 N–H and O–H groups in total. The summed E-state index contributed by atoms with van der Waals surface area (Å²) < 4.78 is 14.6. The molecule has 0 fully saturated rings. The molecular formula is C88H54N2O2. The van der Waals surface area contributed by atoms with Gasteiger partial charge in [-0.05, 0) is 147 Å². The minimum atomic E-state index is 0.833. The Hall–Kier alpha value is -12.2. The van der Waals surface area contributed by atoms with Crippen LogP contribution < -0.4 is 9.80 Å². The summed E-state index contributed by atoms with van der Waals surface area (Å²) in [5.41, 5.74) is 16.4. The first-order valence-electron chi connectivity index (χ1n) is 31.6. The van der Waals surface area contributed by atoms with Crippen molar-refractivity contribution < 1.29 is 8.83 Å². The average molecular weight is 1170 g/mol. The van der Waals surface area contributed by atoms with E-state index in [4.69, 9.17) is 8.83 Å². The zero-order chi connectivity index (χ0) is 60.4.